The summed E-state index contributed by atoms with van der Waals surface area (Å²) in [6.45, 7) is 6.87. The van der Waals surface area contributed by atoms with E-state index in [1.54, 1.807) is 0 Å². The first-order chi connectivity index (χ1) is 12.2. The highest BCUT2D eigenvalue weighted by Crippen LogP contribution is 2.17. The summed E-state index contributed by atoms with van der Waals surface area (Å²) >= 11 is 1.89. The maximum Gasteiger partial charge on any atom is 0.190 e. The number of nitrogens with one attached hydrogen (secondary N) is 2. The van der Waals surface area contributed by atoms with Gasteiger partial charge in [0, 0.05) is 37.3 Å². The predicted molar refractivity (Wildman–Crippen MR) is 123 cm³/mol. The summed E-state index contributed by atoms with van der Waals surface area (Å²) in [7, 11) is 1.81. The van der Waals surface area contributed by atoms with Crippen molar-refractivity contribution in [2.24, 2.45) is 4.99 Å². The summed E-state index contributed by atoms with van der Waals surface area (Å²) in [5.41, 5.74) is 2.30. The Bertz CT molecular complexity index is 657. The van der Waals surface area contributed by atoms with Crippen LogP contribution < -0.4 is 10.6 Å². The molecular formula is C19H30IN5S. The Hall–Kier alpha value is -1.22. The second kappa shape index (κ2) is 13.0. The van der Waals surface area contributed by atoms with Gasteiger partial charge in [0.2, 0.25) is 0 Å². The molecule has 1 heterocycles. The van der Waals surface area contributed by atoms with Gasteiger partial charge >= 0.3 is 0 Å². The van der Waals surface area contributed by atoms with Gasteiger partial charge in [-0.2, -0.15) is 5.10 Å². The number of thioether (sulfide) groups is 1. The van der Waals surface area contributed by atoms with E-state index in [0.29, 0.717) is 0 Å². The Morgan fingerprint density at radius 1 is 1.12 bits per heavy atom. The molecule has 1 aromatic carbocycles. The van der Waals surface area contributed by atoms with Gasteiger partial charge in [0.25, 0.3) is 0 Å². The minimum Gasteiger partial charge on any atom is -0.356 e. The van der Waals surface area contributed by atoms with Crippen molar-refractivity contribution in [3.63, 3.8) is 0 Å². The number of hydrogen-bond donors (Lipinski definition) is 2. The first-order valence-corrected chi connectivity index (χ1v) is 9.81. The van der Waals surface area contributed by atoms with Crippen molar-refractivity contribution in [2.45, 2.75) is 38.1 Å². The number of aryl methyl sites for hydroxylation is 3. The van der Waals surface area contributed by atoms with Gasteiger partial charge in [-0.05, 0) is 50.6 Å². The number of benzene rings is 1. The van der Waals surface area contributed by atoms with Crippen molar-refractivity contribution in [3.8, 4) is 0 Å². The third-order valence-electron chi connectivity index (χ3n) is 3.79. The normalized spacial score (nSPS) is 11.1. The molecule has 0 aliphatic rings. The Morgan fingerprint density at radius 2 is 1.81 bits per heavy atom. The lowest BCUT2D eigenvalue weighted by Crippen LogP contribution is -2.38. The van der Waals surface area contributed by atoms with Crippen molar-refractivity contribution < 1.29 is 0 Å². The van der Waals surface area contributed by atoms with Crippen LogP contribution in [-0.4, -0.2) is 41.6 Å². The maximum atomic E-state index is 4.48. The monoisotopic (exact) mass is 487 g/mol. The van der Waals surface area contributed by atoms with Crippen LogP contribution in [0.3, 0.4) is 0 Å². The van der Waals surface area contributed by atoms with E-state index in [4.69, 9.17) is 0 Å². The van der Waals surface area contributed by atoms with Gasteiger partial charge in [0.1, 0.15) is 0 Å². The van der Waals surface area contributed by atoms with Gasteiger partial charge in [-0.15, -0.1) is 35.7 Å². The summed E-state index contributed by atoms with van der Waals surface area (Å²) in [6, 6.07) is 12.6. The largest absolute Gasteiger partial charge is 0.356 e. The number of guanidine groups is 1. The molecule has 0 spiro atoms. The number of halogens is 1. The molecule has 0 radical (unpaired) electrons. The van der Waals surface area contributed by atoms with Gasteiger partial charge in [0.15, 0.2) is 5.96 Å². The highest BCUT2D eigenvalue weighted by molar-refractivity contribution is 14.0. The molecule has 2 aromatic rings. The molecule has 0 aliphatic carbocycles. The van der Waals surface area contributed by atoms with Crippen LogP contribution in [0.2, 0.25) is 0 Å². The van der Waals surface area contributed by atoms with Crippen molar-refractivity contribution >= 4 is 41.7 Å². The summed E-state index contributed by atoms with van der Waals surface area (Å²) in [5, 5.41) is 11.2. The van der Waals surface area contributed by atoms with Crippen LogP contribution in [0.5, 0.6) is 0 Å². The second-order valence-corrected chi connectivity index (χ2v) is 7.11. The molecule has 0 saturated carbocycles. The van der Waals surface area contributed by atoms with E-state index < -0.39 is 0 Å². The van der Waals surface area contributed by atoms with E-state index in [9.17, 15) is 0 Å². The molecule has 1 aromatic heterocycles. The molecular weight excluding hydrogens is 457 g/mol. The van der Waals surface area contributed by atoms with Gasteiger partial charge < -0.3 is 10.6 Å². The number of hydrogen-bond acceptors (Lipinski definition) is 3. The first-order valence-electron chi connectivity index (χ1n) is 8.82. The quantitative estimate of drug-likeness (QED) is 0.186. The Labute approximate surface area is 178 Å². The molecule has 2 rings (SSSR count). The zero-order chi connectivity index (χ0) is 17.9. The van der Waals surface area contributed by atoms with E-state index in [1.165, 1.54) is 10.6 Å². The topological polar surface area (TPSA) is 54.2 Å². The molecule has 144 valence electrons. The van der Waals surface area contributed by atoms with Crippen LogP contribution in [0.15, 0.2) is 46.3 Å². The maximum absolute atomic E-state index is 4.48. The molecule has 2 N–H and O–H groups in total. The number of aliphatic imine (C=N–C) groups is 1. The first kappa shape index (κ1) is 22.8. The number of nitrogens with zero attached hydrogens (tertiary/aromatic N) is 3. The van der Waals surface area contributed by atoms with Crippen LogP contribution in [0.25, 0.3) is 0 Å². The highest BCUT2D eigenvalue weighted by Gasteiger charge is 2.01. The standard InChI is InChI=1S/C19H29N5S.HI/c1-16-15-17(2)24(23-16)13-7-11-21-19(20-3)22-12-8-14-25-18-9-5-4-6-10-18;/h4-6,9-10,15H,7-8,11-14H2,1-3H3,(H2,20,21,22);1H. The van der Waals surface area contributed by atoms with Crippen molar-refractivity contribution in [1.29, 1.82) is 0 Å². The third kappa shape index (κ3) is 8.44. The van der Waals surface area contributed by atoms with Crippen molar-refractivity contribution in [1.82, 2.24) is 20.4 Å². The minimum absolute atomic E-state index is 0. The smallest absolute Gasteiger partial charge is 0.190 e. The molecule has 0 fully saturated rings. The predicted octanol–water partition coefficient (Wildman–Crippen LogP) is 3.86. The van der Waals surface area contributed by atoms with Gasteiger partial charge in [0.05, 0.1) is 5.69 Å². The van der Waals surface area contributed by atoms with E-state index in [-0.39, 0.29) is 24.0 Å². The Kier molecular flexibility index (Phi) is 11.4. The van der Waals surface area contributed by atoms with Crippen LogP contribution in [0, 0.1) is 13.8 Å². The van der Waals surface area contributed by atoms with Crippen LogP contribution >= 0.6 is 35.7 Å². The van der Waals surface area contributed by atoms with Crippen LogP contribution in [0.4, 0.5) is 0 Å². The minimum atomic E-state index is 0. The van der Waals surface area contributed by atoms with Crippen LogP contribution in [-0.2, 0) is 6.54 Å². The lowest BCUT2D eigenvalue weighted by Gasteiger charge is -2.12. The molecule has 0 atom stereocenters. The van der Waals surface area contributed by atoms with E-state index in [2.05, 4.69) is 68.7 Å². The zero-order valence-electron chi connectivity index (χ0n) is 15.9. The lowest BCUT2D eigenvalue weighted by atomic mass is 10.4. The fourth-order valence-corrected chi connectivity index (χ4v) is 3.42. The average molecular weight is 487 g/mol. The summed E-state index contributed by atoms with van der Waals surface area (Å²) in [4.78, 5) is 5.60. The Morgan fingerprint density at radius 3 is 2.42 bits per heavy atom. The van der Waals surface area contributed by atoms with E-state index in [1.807, 2.05) is 25.7 Å². The highest BCUT2D eigenvalue weighted by atomic mass is 127. The van der Waals surface area contributed by atoms with Gasteiger partial charge in [-0.1, -0.05) is 18.2 Å². The number of aromatic nitrogens is 2. The molecule has 0 unspecified atom stereocenters. The third-order valence-corrected chi connectivity index (χ3v) is 4.89. The van der Waals surface area contributed by atoms with E-state index >= 15 is 0 Å². The van der Waals surface area contributed by atoms with Gasteiger partial charge in [-0.25, -0.2) is 0 Å². The molecule has 0 aliphatic heterocycles. The summed E-state index contributed by atoms with van der Waals surface area (Å²) < 4.78 is 2.06. The van der Waals surface area contributed by atoms with Crippen LogP contribution in [0.1, 0.15) is 24.2 Å². The van der Waals surface area contributed by atoms with E-state index in [0.717, 1.165) is 49.9 Å². The molecule has 0 bridgehead atoms. The fraction of sp³-hybridized carbons (Fsp3) is 0.474. The van der Waals surface area contributed by atoms with Crippen molar-refractivity contribution in [2.75, 3.05) is 25.9 Å². The lowest BCUT2D eigenvalue weighted by molar-refractivity contribution is 0.555. The SMILES string of the molecule is CN=C(NCCCSc1ccccc1)NCCCn1nc(C)cc1C.I. The second-order valence-electron chi connectivity index (χ2n) is 5.94. The molecule has 0 saturated heterocycles. The molecule has 26 heavy (non-hydrogen) atoms. The fourth-order valence-electron chi connectivity index (χ4n) is 2.54. The molecule has 5 nitrogen and oxygen atoms in total. The zero-order valence-corrected chi connectivity index (χ0v) is 19.0. The molecule has 0 amide bonds. The molecule has 7 heteroatoms. The summed E-state index contributed by atoms with van der Waals surface area (Å²) in [6.07, 6.45) is 2.12. The number of rotatable bonds is 9. The van der Waals surface area contributed by atoms with Gasteiger partial charge in [-0.3, -0.25) is 9.67 Å². The van der Waals surface area contributed by atoms with Crippen molar-refractivity contribution in [3.05, 3.63) is 47.8 Å². The summed E-state index contributed by atoms with van der Waals surface area (Å²) in [5.74, 6) is 1.98. The Balaban J connectivity index is 0.00000338. The average Bonchev–Trinajstić information content (AvgIpc) is 2.94.